The van der Waals surface area contributed by atoms with Crippen LogP contribution in [0.4, 0.5) is 5.82 Å². The maximum Gasteiger partial charge on any atom is 0.154 e. The Morgan fingerprint density at radius 3 is 3.18 bits per heavy atom. The number of aliphatic hydroxyl groups is 1. The molecule has 5 heteroatoms. The van der Waals surface area contributed by atoms with Crippen LogP contribution in [0.25, 0.3) is 5.52 Å². The maximum atomic E-state index is 9.18. The van der Waals surface area contributed by atoms with E-state index in [1.807, 2.05) is 17.6 Å². The first-order valence-electron chi connectivity index (χ1n) is 5.94. The number of hydrogen-bond donors (Lipinski definition) is 1. The van der Waals surface area contributed by atoms with Gasteiger partial charge in [-0.25, -0.2) is 9.50 Å². The van der Waals surface area contributed by atoms with Gasteiger partial charge < -0.3 is 10.0 Å². The van der Waals surface area contributed by atoms with Gasteiger partial charge in [0.1, 0.15) is 5.52 Å². The minimum Gasteiger partial charge on any atom is -0.396 e. The van der Waals surface area contributed by atoms with Crippen LogP contribution in [0, 0.1) is 12.8 Å². The predicted molar refractivity (Wildman–Crippen MR) is 65.1 cm³/mol. The monoisotopic (exact) mass is 232 g/mol. The average Bonchev–Trinajstić information content (AvgIpc) is 2.92. The SMILES string of the molecule is Cc1cc2c(N3CCC(CO)C3)nccn2n1. The van der Waals surface area contributed by atoms with Crippen LogP contribution in [0.1, 0.15) is 12.1 Å². The highest BCUT2D eigenvalue weighted by atomic mass is 16.3. The van der Waals surface area contributed by atoms with Crippen molar-refractivity contribution in [3.8, 4) is 0 Å². The fourth-order valence-corrected chi connectivity index (χ4v) is 2.45. The van der Waals surface area contributed by atoms with E-state index < -0.39 is 0 Å². The summed E-state index contributed by atoms with van der Waals surface area (Å²) < 4.78 is 1.87. The third kappa shape index (κ3) is 1.76. The summed E-state index contributed by atoms with van der Waals surface area (Å²) in [6, 6.07) is 2.05. The Balaban J connectivity index is 2.00. The topological polar surface area (TPSA) is 53.7 Å². The minimum atomic E-state index is 0.262. The smallest absolute Gasteiger partial charge is 0.154 e. The van der Waals surface area contributed by atoms with Crippen LogP contribution >= 0.6 is 0 Å². The number of hydrogen-bond acceptors (Lipinski definition) is 4. The number of nitrogens with zero attached hydrogens (tertiary/aromatic N) is 4. The van der Waals surface area contributed by atoms with Gasteiger partial charge in [-0.05, 0) is 19.4 Å². The largest absolute Gasteiger partial charge is 0.396 e. The lowest BCUT2D eigenvalue weighted by Crippen LogP contribution is -2.22. The Morgan fingerprint density at radius 2 is 2.41 bits per heavy atom. The first-order chi connectivity index (χ1) is 8.28. The summed E-state index contributed by atoms with van der Waals surface area (Å²) in [6.45, 7) is 4.09. The first-order valence-corrected chi connectivity index (χ1v) is 5.94. The third-order valence-corrected chi connectivity index (χ3v) is 3.34. The second kappa shape index (κ2) is 4.00. The van der Waals surface area contributed by atoms with Crippen LogP contribution < -0.4 is 4.90 Å². The van der Waals surface area contributed by atoms with Gasteiger partial charge in [0.25, 0.3) is 0 Å². The van der Waals surface area contributed by atoms with Crippen LogP contribution in [-0.2, 0) is 0 Å². The van der Waals surface area contributed by atoms with E-state index in [0.717, 1.165) is 36.5 Å². The molecule has 0 radical (unpaired) electrons. The van der Waals surface area contributed by atoms with E-state index in [1.54, 1.807) is 6.20 Å². The lowest BCUT2D eigenvalue weighted by molar-refractivity contribution is 0.238. The van der Waals surface area contributed by atoms with E-state index in [2.05, 4.69) is 21.0 Å². The molecule has 1 fully saturated rings. The Bertz CT molecular complexity index is 536. The molecule has 1 aliphatic heterocycles. The molecule has 1 aliphatic rings. The van der Waals surface area contributed by atoms with Crippen LogP contribution in [0.2, 0.25) is 0 Å². The molecule has 0 saturated carbocycles. The van der Waals surface area contributed by atoms with Crippen molar-refractivity contribution in [2.45, 2.75) is 13.3 Å². The molecule has 5 nitrogen and oxygen atoms in total. The molecule has 0 aromatic carbocycles. The van der Waals surface area contributed by atoms with Gasteiger partial charge in [-0.1, -0.05) is 0 Å². The summed E-state index contributed by atoms with van der Waals surface area (Å²) in [5, 5.41) is 13.6. The molecule has 0 amide bonds. The highest BCUT2D eigenvalue weighted by Crippen LogP contribution is 2.25. The molecule has 17 heavy (non-hydrogen) atoms. The summed E-state index contributed by atoms with van der Waals surface area (Å²) in [6.07, 6.45) is 4.68. The molecule has 1 unspecified atom stereocenters. The van der Waals surface area contributed by atoms with Crippen molar-refractivity contribution in [2.75, 3.05) is 24.6 Å². The Morgan fingerprint density at radius 1 is 1.53 bits per heavy atom. The predicted octanol–water partition coefficient (Wildman–Crippen LogP) is 0.856. The van der Waals surface area contributed by atoms with Gasteiger partial charge in [-0.2, -0.15) is 5.10 Å². The van der Waals surface area contributed by atoms with Crippen LogP contribution in [0.5, 0.6) is 0 Å². The molecule has 1 N–H and O–H groups in total. The summed E-state index contributed by atoms with van der Waals surface area (Å²) >= 11 is 0. The van der Waals surface area contributed by atoms with Gasteiger partial charge in [0, 0.05) is 38.0 Å². The summed E-state index contributed by atoms with van der Waals surface area (Å²) in [7, 11) is 0. The van der Waals surface area contributed by atoms with E-state index in [4.69, 9.17) is 0 Å². The highest BCUT2D eigenvalue weighted by Gasteiger charge is 2.24. The van der Waals surface area contributed by atoms with Gasteiger partial charge in [-0.3, -0.25) is 0 Å². The average molecular weight is 232 g/mol. The molecule has 2 aromatic heterocycles. The second-order valence-corrected chi connectivity index (χ2v) is 4.65. The molecule has 0 spiro atoms. The van der Waals surface area contributed by atoms with E-state index in [1.165, 1.54) is 0 Å². The summed E-state index contributed by atoms with van der Waals surface area (Å²) in [5.74, 6) is 1.35. The van der Waals surface area contributed by atoms with E-state index >= 15 is 0 Å². The lowest BCUT2D eigenvalue weighted by atomic mass is 10.1. The van der Waals surface area contributed by atoms with Crippen LogP contribution in [0.3, 0.4) is 0 Å². The summed E-state index contributed by atoms with van der Waals surface area (Å²) in [5.41, 5.74) is 2.04. The molecule has 1 atom stereocenters. The van der Waals surface area contributed by atoms with Gasteiger partial charge in [0.15, 0.2) is 5.82 Å². The first kappa shape index (κ1) is 10.5. The number of aryl methyl sites for hydroxylation is 1. The van der Waals surface area contributed by atoms with Crippen molar-refractivity contribution in [3.63, 3.8) is 0 Å². The number of aromatic nitrogens is 3. The lowest BCUT2D eigenvalue weighted by Gasteiger charge is -2.17. The number of anilines is 1. The highest BCUT2D eigenvalue weighted by molar-refractivity contribution is 5.69. The maximum absolute atomic E-state index is 9.18. The third-order valence-electron chi connectivity index (χ3n) is 3.34. The van der Waals surface area contributed by atoms with Gasteiger partial charge in [0.05, 0.1) is 5.69 Å². The minimum absolute atomic E-state index is 0.262. The van der Waals surface area contributed by atoms with Gasteiger partial charge in [0.2, 0.25) is 0 Å². The van der Waals surface area contributed by atoms with E-state index in [-0.39, 0.29) is 6.61 Å². The fraction of sp³-hybridized carbons (Fsp3) is 0.500. The van der Waals surface area contributed by atoms with E-state index in [9.17, 15) is 5.11 Å². The molecule has 90 valence electrons. The number of aliphatic hydroxyl groups excluding tert-OH is 1. The zero-order valence-electron chi connectivity index (χ0n) is 9.87. The quantitative estimate of drug-likeness (QED) is 0.834. The standard InChI is InChI=1S/C12H16N4O/c1-9-6-11-12(13-3-5-16(11)14-9)15-4-2-10(7-15)8-17/h3,5-6,10,17H,2,4,7-8H2,1H3. The number of fused-ring (bicyclic) bond motifs is 1. The zero-order chi connectivity index (χ0) is 11.8. The molecule has 3 heterocycles. The van der Waals surface area contributed by atoms with Gasteiger partial charge in [-0.15, -0.1) is 0 Å². The van der Waals surface area contributed by atoms with Crippen LogP contribution in [-0.4, -0.2) is 39.4 Å². The van der Waals surface area contributed by atoms with Crippen molar-refractivity contribution in [2.24, 2.45) is 5.92 Å². The Labute approximate surface area is 99.7 Å². The molecule has 0 bridgehead atoms. The Kier molecular flexibility index (Phi) is 2.48. The van der Waals surface area contributed by atoms with Crippen LogP contribution in [0.15, 0.2) is 18.5 Å². The van der Waals surface area contributed by atoms with E-state index in [0.29, 0.717) is 5.92 Å². The molecular weight excluding hydrogens is 216 g/mol. The van der Waals surface area contributed by atoms with Crippen molar-refractivity contribution in [1.29, 1.82) is 0 Å². The molecule has 2 aromatic rings. The van der Waals surface area contributed by atoms with Crippen molar-refractivity contribution in [1.82, 2.24) is 14.6 Å². The number of rotatable bonds is 2. The van der Waals surface area contributed by atoms with Gasteiger partial charge >= 0.3 is 0 Å². The zero-order valence-corrected chi connectivity index (χ0v) is 9.87. The molecule has 3 rings (SSSR count). The fourth-order valence-electron chi connectivity index (χ4n) is 2.45. The Hall–Kier alpha value is -1.62. The normalized spacial score (nSPS) is 20.4. The second-order valence-electron chi connectivity index (χ2n) is 4.65. The van der Waals surface area contributed by atoms with Crippen molar-refractivity contribution in [3.05, 3.63) is 24.2 Å². The van der Waals surface area contributed by atoms with Crippen molar-refractivity contribution < 1.29 is 5.11 Å². The van der Waals surface area contributed by atoms with Crippen molar-refractivity contribution >= 4 is 11.3 Å². The summed E-state index contributed by atoms with van der Waals surface area (Å²) in [4.78, 5) is 6.69. The molecular formula is C12H16N4O. The molecule has 0 aliphatic carbocycles. The molecule has 1 saturated heterocycles.